The Hall–Kier alpha value is -2.56. The van der Waals surface area contributed by atoms with Crippen LogP contribution in [-0.4, -0.2) is 24.9 Å². The molecule has 1 aliphatic carbocycles. The molecule has 0 unspecified atom stereocenters. The number of carbonyl (C=O) groups excluding carboxylic acids is 2. The highest BCUT2D eigenvalue weighted by Gasteiger charge is 2.45. The zero-order valence-corrected chi connectivity index (χ0v) is 12.9. The van der Waals surface area contributed by atoms with Crippen molar-refractivity contribution in [1.29, 1.82) is 0 Å². The van der Waals surface area contributed by atoms with E-state index in [1.807, 2.05) is 30.3 Å². The highest BCUT2D eigenvalue weighted by molar-refractivity contribution is 5.91. The minimum atomic E-state index is -0.397. The zero-order chi connectivity index (χ0) is 16.1. The normalized spacial score (nSPS) is 15.5. The molecule has 23 heavy (non-hydrogen) atoms. The molecule has 0 saturated heterocycles. The van der Waals surface area contributed by atoms with Crippen LogP contribution in [0.3, 0.4) is 0 Å². The summed E-state index contributed by atoms with van der Waals surface area (Å²) in [4.78, 5) is 24.3. The van der Waals surface area contributed by atoms with E-state index in [1.54, 1.807) is 12.1 Å². The van der Waals surface area contributed by atoms with Gasteiger partial charge in [-0.05, 0) is 30.5 Å². The summed E-state index contributed by atoms with van der Waals surface area (Å²) in [7, 11) is 0. The van der Waals surface area contributed by atoms with Gasteiger partial charge in [-0.2, -0.15) is 0 Å². The minimum absolute atomic E-state index is 0.0437. The van der Waals surface area contributed by atoms with Crippen LogP contribution in [0.1, 0.15) is 35.4 Å². The van der Waals surface area contributed by atoms with Crippen molar-refractivity contribution in [2.75, 3.05) is 13.1 Å². The van der Waals surface area contributed by atoms with Crippen molar-refractivity contribution < 1.29 is 14.0 Å². The molecule has 0 atom stereocenters. The van der Waals surface area contributed by atoms with Crippen LogP contribution in [0.4, 0.5) is 0 Å². The van der Waals surface area contributed by atoms with Crippen LogP contribution >= 0.6 is 0 Å². The monoisotopic (exact) mass is 312 g/mol. The fraction of sp³-hybridized carbons (Fsp3) is 0.333. The highest BCUT2D eigenvalue weighted by Crippen LogP contribution is 2.43. The topological polar surface area (TPSA) is 71.3 Å². The predicted octanol–water partition coefficient (Wildman–Crippen LogP) is 2.25. The Balaban J connectivity index is 1.50. The van der Waals surface area contributed by atoms with Crippen LogP contribution in [-0.2, 0) is 10.2 Å². The molecule has 2 amide bonds. The largest absolute Gasteiger partial charge is 0.459 e. The molecule has 5 heteroatoms. The molecule has 0 bridgehead atoms. The van der Waals surface area contributed by atoms with E-state index in [0.29, 0.717) is 13.1 Å². The van der Waals surface area contributed by atoms with E-state index >= 15 is 0 Å². The average molecular weight is 312 g/mol. The predicted molar refractivity (Wildman–Crippen MR) is 86.0 cm³/mol. The summed E-state index contributed by atoms with van der Waals surface area (Å²) >= 11 is 0. The highest BCUT2D eigenvalue weighted by atomic mass is 16.3. The molecule has 1 aromatic heterocycles. The maximum absolute atomic E-state index is 12.6. The van der Waals surface area contributed by atoms with E-state index in [1.165, 1.54) is 6.26 Å². The van der Waals surface area contributed by atoms with Gasteiger partial charge in [0.15, 0.2) is 5.76 Å². The molecule has 1 heterocycles. The Morgan fingerprint density at radius 3 is 2.35 bits per heavy atom. The van der Waals surface area contributed by atoms with Crippen LogP contribution in [0.5, 0.6) is 0 Å². The minimum Gasteiger partial charge on any atom is -0.459 e. The number of benzene rings is 1. The summed E-state index contributed by atoms with van der Waals surface area (Å²) in [5, 5.41) is 5.66. The summed E-state index contributed by atoms with van der Waals surface area (Å²) in [5.74, 6) is 0.0453. The van der Waals surface area contributed by atoms with Gasteiger partial charge in [0, 0.05) is 13.1 Å². The fourth-order valence-corrected chi connectivity index (χ4v) is 2.95. The fourth-order valence-electron chi connectivity index (χ4n) is 2.95. The number of nitrogens with one attached hydrogen (secondary N) is 2. The summed E-state index contributed by atoms with van der Waals surface area (Å²) in [6.45, 7) is 0.774. The second kappa shape index (κ2) is 6.69. The number of rotatable bonds is 6. The van der Waals surface area contributed by atoms with Gasteiger partial charge in [-0.25, -0.2) is 0 Å². The van der Waals surface area contributed by atoms with E-state index in [4.69, 9.17) is 4.42 Å². The molecule has 5 nitrogen and oxygen atoms in total. The molecule has 0 spiro atoms. The van der Waals surface area contributed by atoms with Gasteiger partial charge in [0.05, 0.1) is 11.7 Å². The van der Waals surface area contributed by atoms with Crippen molar-refractivity contribution in [2.24, 2.45) is 0 Å². The van der Waals surface area contributed by atoms with Gasteiger partial charge in [-0.15, -0.1) is 0 Å². The van der Waals surface area contributed by atoms with Crippen molar-refractivity contribution in [1.82, 2.24) is 10.6 Å². The van der Waals surface area contributed by atoms with Crippen LogP contribution in [0.15, 0.2) is 53.1 Å². The number of hydrogen-bond acceptors (Lipinski definition) is 3. The first-order valence-corrected chi connectivity index (χ1v) is 7.88. The number of amides is 2. The number of carbonyl (C=O) groups is 2. The molecule has 2 N–H and O–H groups in total. The molecule has 120 valence electrons. The van der Waals surface area contributed by atoms with Gasteiger partial charge in [0.1, 0.15) is 0 Å². The van der Waals surface area contributed by atoms with Gasteiger partial charge in [0.2, 0.25) is 5.91 Å². The van der Waals surface area contributed by atoms with Crippen molar-refractivity contribution in [3.05, 3.63) is 60.1 Å². The van der Waals surface area contributed by atoms with Crippen molar-refractivity contribution >= 4 is 11.8 Å². The third-order valence-electron chi connectivity index (χ3n) is 4.41. The zero-order valence-electron chi connectivity index (χ0n) is 12.9. The Morgan fingerprint density at radius 2 is 1.74 bits per heavy atom. The molecule has 3 rings (SSSR count). The third kappa shape index (κ3) is 3.13. The molecular formula is C18H20N2O3. The van der Waals surface area contributed by atoms with Gasteiger partial charge in [-0.3, -0.25) is 9.59 Å². The van der Waals surface area contributed by atoms with Gasteiger partial charge in [0.25, 0.3) is 5.91 Å². The maximum atomic E-state index is 12.6. The standard InChI is InChI=1S/C18H20N2O3/c21-16(15-8-4-13-23-15)19-11-12-20-17(22)18(9-5-10-18)14-6-2-1-3-7-14/h1-4,6-8,13H,5,9-12H2,(H,19,21)(H,20,22). The molecule has 1 aliphatic rings. The van der Waals surface area contributed by atoms with Crippen LogP contribution in [0, 0.1) is 0 Å². The SMILES string of the molecule is O=C(NCCNC(=O)C1(c2ccccc2)CCC1)c1ccco1. The van der Waals surface area contributed by atoms with Crippen molar-refractivity contribution in [3.8, 4) is 0 Å². The second-order valence-corrected chi connectivity index (χ2v) is 5.79. The van der Waals surface area contributed by atoms with Crippen molar-refractivity contribution in [2.45, 2.75) is 24.7 Å². The van der Waals surface area contributed by atoms with E-state index in [9.17, 15) is 9.59 Å². The van der Waals surface area contributed by atoms with Gasteiger partial charge in [-0.1, -0.05) is 36.8 Å². The lowest BCUT2D eigenvalue weighted by atomic mass is 9.64. The van der Waals surface area contributed by atoms with Crippen LogP contribution in [0.2, 0.25) is 0 Å². The Bertz CT molecular complexity index is 661. The molecule has 1 fully saturated rings. The van der Waals surface area contributed by atoms with E-state index < -0.39 is 5.41 Å². The van der Waals surface area contributed by atoms with E-state index in [2.05, 4.69) is 10.6 Å². The third-order valence-corrected chi connectivity index (χ3v) is 4.41. The summed E-state index contributed by atoms with van der Waals surface area (Å²) < 4.78 is 5.01. The van der Waals surface area contributed by atoms with Gasteiger partial charge >= 0.3 is 0 Å². The lowest BCUT2D eigenvalue weighted by Crippen LogP contribution is -2.50. The van der Waals surface area contributed by atoms with Crippen LogP contribution in [0.25, 0.3) is 0 Å². The molecule has 0 radical (unpaired) electrons. The van der Waals surface area contributed by atoms with Crippen LogP contribution < -0.4 is 10.6 Å². The van der Waals surface area contributed by atoms with E-state index in [0.717, 1.165) is 24.8 Å². The summed E-state index contributed by atoms with van der Waals surface area (Å²) in [6.07, 6.45) is 4.28. The Morgan fingerprint density at radius 1 is 1.00 bits per heavy atom. The molecule has 2 aromatic rings. The molecule has 0 aliphatic heterocycles. The lowest BCUT2D eigenvalue weighted by molar-refractivity contribution is -0.129. The van der Waals surface area contributed by atoms with E-state index in [-0.39, 0.29) is 17.6 Å². The maximum Gasteiger partial charge on any atom is 0.287 e. The lowest BCUT2D eigenvalue weighted by Gasteiger charge is -2.40. The first-order chi connectivity index (χ1) is 11.2. The first-order valence-electron chi connectivity index (χ1n) is 7.88. The van der Waals surface area contributed by atoms with Gasteiger partial charge < -0.3 is 15.1 Å². The number of hydrogen-bond donors (Lipinski definition) is 2. The second-order valence-electron chi connectivity index (χ2n) is 5.79. The molecular weight excluding hydrogens is 292 g/mol. The smallest absolute Gasteiger partial charge is 0.287 e. The number of furan rings is 1. The Kier molecular flexibility index (Phi) is 4.46. The Labute approximate surface area is 135 Å². The average Bonchev–Trinajstić information content (AvgIpc) is 3.06. The molecule has 1 aromatic carbocycles. The van der Waals surface area contributed by atoms with Crippen molar-refractivity contribution in [3.63, 3.8) is 0 Å². The molecule has 1 saturated carbocycles. The quantitative estimate of drug-likeness (QED) is 0.804. The first kappa shape index (κ1) is 15.3. The summed E-state index contributed by atoms with van der Waals surface area (Å²) in [5.41, 5.74) is 0.676. The summed E-state index contributed by atoms with van der Waals surface area (Å²) in [6, 6.07) is 13.2.